The van der Waals surface area contributed by atoms with Crippen molar-refractivity contribution >= 4 is 5.97 Å². The van der Waals surface area contributed by atoms with Gasteiger partial charge >= 0.3 is 5.97 Å². The maximum atomic E-state index is 10.3. The third-order valence-corrected chi connectivity index (χ3v) is 1.46. The highest BCUT2D eigenvalue weighted by Gasteiger charge is 2.12. The molecule has 0 aliphatic heterocycles. The van der Waals surface area contributed by atoms with Crippen LogP contribution in [0.25, 0.3) is 0 Å². The standard InChI is InChI=1S/C8H11O2/c1-3-5-6-7(4-2)8(9)10/h7H,4-6H2,2H3,(H,9,10). The molecule has 0 spiro atoms. The maximum Gasteiger partial charge on any atom is 0.306 e. The summed E-state index contributed by atoms with van der Waals surface area (Å²) < 4.78 is 0. The molecule has 1 unspecified atom stereocenters. The lowest BCUT2D eigenvalue weighted by atomic mass is 10.0. The van der Waals surface area contributed by atoms with Crippen molar-refractivity contribution in [3.8, 4) is 5.92 Å². The molecule has 0 saturated heterocycles. The lowest BCUT2D eigenvalue weighted by Crippen LogP contribution is -2.11. The minimum Gasteiger partial charge on any atom is -0.481 e. The molecule has 0 aliphatic carbocycles. The van der Waals surface area contributed by atoms with Crippen LogP contribution in [0.3, 0.4) is 0 Å². The Balaban J connectivity index is 3.63. The molecule has 1 radical (unpaired) electrons. The summed E-state index contributed by atoms with van der Waals surface area (Å²) in [5, 5.41) is 8.51. The normalized spacial score (nSPS) is 12.0. The van der Waals surface area contributed by atoms with E-state index in [0.717, 1.165) is 0 Å². The van der Waals surface area contributed by atoms with E-state index < -0.39 is 5.97 Å². The molecule has 2 nitrogen and oxygen atoms in total. The number of hydrogen-bond acceptors (Lipinski definition) is 1. The van der Waals surface area contributed by atoms with Crippen molar-refractivity contribution in [2.75, 3.05) is 0 Å². The lowest BCUT2D eigenvalue weighted by Gasteiger charge is -2.05. The highest BCUT2D eigenvalue weighted by molar-refractivity contribution is 5.69. The minimum absolute atomic E-state index is 0.294. The number of hydrogen-bond donors (Lipinski definition) is 1. The smallest absolute Gasteiger partial charge is 0.306 e. The molecule has 1 N–H and O–H groups in total. The van der Waals surface area contributed by atoms with E-state index in [-0.39, 0.29) is 5.92 Å². The molecule has 55 valence electrons. The molecular weight excluding hydrogens is 128 g/mol. The topological polar surface area (TPSA) is 37.3 Å². The summed E-state index contributed by atoms with van der Waals surface area (Å²) in [4.78, 5) is 10.3. The zero-order valence-electron chi connectivity index (χ0n) is 6.05. The second-order valence-electron chi connectivity index (χ2n) is 2.16. The summed E-state index contributed by atoms with van der Waals surface area (Å²) in [5.41, 5.74) is 0. The second-order valence-corrected chi connectivity index (χ2v) is 2.16. The molecule has 0 aliphatic rings. The van der Waals surface area contributed by atoms with Crippen molar-refractivity contribution in [3.05, 3.63) is 6.42 Å². The van der Waals surface area contributed by atoms with Crippen LogP contribution in [0.5, 0.6) is 0 Å². The zero-order valence-corrected chi connectivity index (χ0v) is 6.05. The van der Waals surface area contributed by atoms with E-state index in [1.54, 1.807) is 0 Å². The fourth-order valence-electron chi connectivity index (χ4n) is 0.749. The van der Waals surface area contributed by atoms with Gasteiger partial charge in [0.15, 0.2) is 0 Å². The third-order valence-electron chi connectivity index (χ3n) is 1.46. The van der Waals surface area contributed by atoms with Gasteiger partial charge in [-0.1, -0.05) is 12.8 Å². The van der Waals surface area contributed by atoms with Gasteiger partial charge in [0.1, 0.15) is 0 Å². The van der Waals surface area contributed by atoms with E-state index >= 15 is 0 Å². The quantitative estimate of drug-likeness (QED) is 0.599. The predicted molar refractivity (Wildman–Crippen MR) is 37.8 cm³/mol. The number of carboxylic acid groups (broad SMARTS) is 1. The number of rotatable bonds is 4. The Morgan fingerprint density at radius 2 is 2.40 bits per heavy atom. The van der Waals surface area contributed by atoms with Crippen LogP contribution in [0.2, 0.25) is 0 Å². The number of carboxylic acids is 1. The lowest BCUT2D eigenvalue weighted by molar-refractivity contribution is -0.142. The van der Waals surface area contributed by atoms with Gasteiger partial charge in [0.25, 0.3) is 0 Å². The first-order chi connectivity index (χ1) is 4.72. The van der Waals surface area contributed by atoms with E-state index in [0.29, 0.717) is 19.3 Å². The largest absolute Gasteiger partial charge is 0.481 e. The van der Waals surface area contributed by atoms with E-state index in [2.05, 4.69) is 5.92 Å². The van der Waals surface area contributed by atoms with E-state index in [1.165, 1.54) is 0 Å². The summed E-state index contributed by atoms with van der Waals surface area (Å²) in [6.45, 7) is 1.84. The van der Waals surface area contributed by atoms with Gasteiger partial charge in [0, 0.05) is 6.42 Å². The molecule has 1 atom stereocenters. The average molecular weight is 139 g/mol. The summed E-state index contributed by atoms with van der Waals surface area (Å²) >= 11 is 0. The van der Waals surface area contributed by atoms with E-state index in [1.807, 2.05) is 6.92 Å². The predicted octanol–water partition coefficient (Wildman–Crippen LogP) is 1.47. The maximum absolute atomic E-state index is 10.3. The SMILES string of the molecule is [C]#CCCC(CC)C(=O)O. The van der Waals surface area contributed by atoms with Crippen LogP contribution in [-0.4, -0.2) is 11.1 Å². The van der Waals surface area contributed by atoms with Crippen LogP contribution in [0.4, 0.5) is 0 Å². The summed E-state index contributed by atoms with van der Waals surface area (Å²) in [5.74, 6) is 1.11. The molecule has 0 saturated carbocycles. The molecule has 0 bridgehead atoms. The summed E-state index contributed by atoms with van der Waals surface area (Å²) in [6.07, 6.45) is 8.19. The molecular formula is C8H11O2. The van der Waals surface area contributed by atoms with Gasteiger partial charge in [-0.15, -0.1) is 0 Å². The highest BCUT2D eigenvalue weighted by Crippen LogP contribution is 2.09. The highest BCUT2D eigenvalue weighted by atomic mass is 16.4. The Bertz CT molecular complexity index is 144. The third kappa shape index (κ3) is 3.13. The van der Waals surface area contributed by atoms with Gasteiger partial charge in [-0.25, -0.2) is 0 Å². The van der Waals surface area contributed by atoms with Gasteiger partial charge < -0.3 is 5.11 Å². The number of carbonyl (C=O) groups is 1. The van der Waals surface area contributed by atoms with E-state index in [9.17, 15) is 4.79 Å². The van der Waals surface area contributed by atoms with Crippen molar-refractivity contribution in [1.29, 1.82) is 0 Å². The molecule has 0 fully saturated rings. The minimum atomic E-state index is -0.766. The second kappa shape index (κ2) is 4.87. The van der Waals surface area contributed by atoms with Gasteiger partial charge in [-0.05, 0) is 19.3 Å². The van der Waals surface area contributed by atoms with Crippen LogP contribution in [0.1, 0.15) is 26.2 Å². The Morgan fingerprint density at radius 1 is 1.80 bits per heavy atom. The van der Waals surface area contributed by atoms with Gasteiger partial charge in [0.2, 0.25) is 0 Å². The fourth-order valence-corrected chi connectivity index (χ4v) is 0.749. The van der Waals surface area contributed by atoms with Crippen LogP contribution in [0.15, 0.2) is 0 Å². The molecule has 0 amide bonds. The van der Waals surface area contributed by atoms with Crippen LogP contribution < -0.4 is 0 Å². The summed E-state index contributed by atoms with van der Waals surface area (Å²) in [6, 6.07) is 0. The monoisotopic (exact) mass is 139 g/mol. The zero-order chi connectivity index (χ0) is 7.98. The summed E-state index contributed by atoms with van der Waals surface area (Å²) in [7, 11) is 0. The molecule has 0 aromatic rings. The molecule has 0 aromatic heterocycles. The van der Waals surface area contributed by atoms with Gasteiger partial charge in [-0.2, -0.15) is 0 Å². The molecule has 0 aromatic carbocycles. The van der Waals surface area contributed by atoms with Crippen molar-refractivity contribution in [2.45, 2.75) is 26.2 Å². The van der Waals surface area contributed by atoms with Crippen molar-refractivity contribution in [2.24, 2.45) is 5.92 Å². The van der Waals surface area contributed by atoms with E-state index in [4.69, 9.17) is 11.5 Å². The van der Waals surface area contributed by atoms with Crippen molar-refractivity contribution < 1.29 is 9.90 Å². The van der Waals surface area contributed by atoms with Crippen LogP contribution in [-0.2, 0) is 4.79 Å². The van der Waals surface area contributed by atoms with Crippen LogP contribution >= 0.6 is 0 Å². The Labute approximate surface area is 61.2 Å². The molecule has 0 heterocycles. The van der Waals surface area contributed by atoms with Crippen molar-refractivity contribution in [3.63, 3.8) is 0 Å². The first kappa shape index (κ1) is 9.03. The molecule has 10 heavy (non-hydrogen) atoms. The average Bonchev–Trinajstić information content (AvgIpc) is 1.89. The first-order valence-electron chi connectivity index (χ1n) is 3.34. The fraction of sp³-hybridized carbons (Fsp3) is 0.625. The Morgan fingerprint density at radius 3 is 2.70 bits per heavy atom. The number of aliphatic carboxylic acids is 1. The van der Waals surface area contributed by atoms with Gasteiger partial charge in [0.05, 0.1) is 5.92 Å². The van der Waals surface area contributed by atoms with Crippen LogP contribution in [0, 0.1) is 18.3 Å². The molecule has 2 heteroatoms. The Kier molecular flexibility index (Phi) is 4.39. The van der Waals surface area contributed by atoms with Crippen molar-refractivity contribution in [1.82, 2.24) is 0 Å². The van der Waals surface area contributed by atoms with Gasteiger partial charge in [-0.3, -0.25) is 4.79 Å². The molecule has 0 rings (SSSR count). The Hall–Kier alpha value is -0.970. The first-order valence-corrected chi connectivity index (χ1v) is 3.34.